The number of alkyl halides is 3. The Morgan fingerprint density at radius 1 is 1.40 bits per heavy atom. The molecule has 0 amide bonds. The van der Waals surface area contributed by atoms with E-state index in [4.69, 9.17) is 22.1 Å². The molecule has 0 radical (unpaired) electrons. The van der Waals surface area contributed by atoms with Gasteiger partial charge in [-0.25, -0.2) is 0 Å². The number of aliphatic hydroxyl groups is 1. The first-order valence-electron chi connectivity index (χ1n) is 9.37. The van der Waals surface area contributed by atoms with Crippen molar-refractivity contribution in [1.29, 1.82) is 0 Å². The summed E-state index contributed by atoms with van der Waals surface area (Å²) in [5.74, 6) is -0.169. The van der Waals surface area contributed by atoms with E-state index >= 15 is 0 Å². The largest absolute Gasteiger partial charge is 0.493 e. The topological polar surface area (TPSA) is 88.3 Å². The van der Waals surface area contributed by atoms with Crippen LogP contribution < -0.4 is 16.0 Å². The zero-order valence-corrected chi connectivity index (χ0v) is 17.0. The van der Waals surface area contributed by atoms with Crippen LogP contribution in [0.5, 0.6) is 5.75 Å². The van der Waals surface area contributed by atoms with E-state index in [0.717, 1.165) is 5.56 Å². The number of fused-ring (bicyclic) bond motifs is 1. The summed E-state index contributed by atoms with van der Waals surface area (Å²) in [6.07, 6.45) is -3.15. The van der Waals surface area contributed by atoms with Gasteiger partial charge in [0, 0.05) is 35.8 Å². The Morgan fingerprint density at radius 2 is 2.13 bits per heavy atom. The maximum Gasteiger partial charge on any atom is 0.417 e. The molecule has 1 aliphatic rings. The average molecular weight is 443 g/mol. The molecule has 1 aromatic carbocycles. The number of ether oxygens (including phenoxy) is 1. The maximum atomic E-state index is 13.9. The Morgan fingerprint density at radius 3 is 2.80 bits per heavy atom. The van der Waals surface area contributed by atoms with E-state index < -0.39 is 36.1 Å². The summed E-state index contributed by atoms with van der Waals surface area (Å²) >= 11 is 6.12. The zero-order chi connectivity index (χ0) is 22.1. The highest BCUT2D eigenvalue weighted by Gasteiger charge is 2.54. The van der Waals surface area contributed by atoms with Gasteiger partial charge >= 0.3 is 6.18 Å². The van der Waals surface area contributed by atoms with E-state index in [9.17, 15) is 23.1 Å². The van der Waals surface area contributed by atoms with Crippen LogP contribution in [0.4, 0.5) is 13.2 Å². The van der Waals surface area contributed by atoms with E-state index in [1.165, 1.54) is 24.4 Å². The summed E-state index contributed by atoms with van der Waals surface area (Å²) < 4.78 is 47.1. The van der Waals surface area contributed by atoms with Gasteiger partial charge < -0.3 is 20.6 Å². The van der Waals surface area contributed by atoms with Gasteiger partial charge in [0.05, 0.1) is 6.61 Å². The number of hydrogen-bond donors (Lipinski definition) is 3. The standard InChI is InChI=1S/C21H22ClF3N2O3/c1-12(17-9-15(22)8-14-3-5-30-19(14)17)10-20(29,21(23,24)25)11-16(26)6-13-2-4-27-18(28)7-13/h2,4,6-9,12,29H,3,5,10-11,26H2,1H3,(H,27,28)/b16-6-. The molecule has 1 aliphatic heterocycles. The molecule has 0 saturated heterocycles. The van der Waals surface area contributed by atoms with Crippen molar-refractivity contribution in [3.05, 3.63) is 68.2 Å². The van der Waals surface area contributed by atoms with Crippen LogP contribution in [0.3, 0.4) is 0 Å². The third kappa shape index (κ3) is 4.82. The molecule has 2 heterocycles. The third-order valence-electron chi connectivity index (χ3n) is 5.13. The molecule has 0 bridgehead atoms. The van der Waals surface area contributed by atoms with E-state index in [1.807, 2.05) is 0 Å². The van der Waals surface area contributed by atoms with Crippen molar-refractivity contribution in [3.63, 3.8) is 0 Å². The number of aromatic amines is 1. The van der Waals surface area contributed by atoms with E-state index in [-0.39, 0.29) is 5.70 Å². The summed E-state index contributed by atoms with van der Waals surface area (Å²) in [5.41, 5.74) is 3.84. The van der Waals surface area contributed by atoms with Gasteiger partial charge in [-0.05, 0) is 53.3 Å². The monoisotopic (exact) mass is 442 g/mol. The van der Waals surface area contributed by atoms with Gasteiger partial charge in [-0.3, -0.25) is 4.79 Å². The molecule has 30 heavy (non-hydrogen) atoms. The fourth-order valence-electron chi connectivity index (χ4n) is 3.72. The summed E-state index contributed by atoms with van der Waals surface area (Å²) in [4.78, 5) is 13.8. The van der Waals surface area contributed by atoms with Crippen LogP contribution in [0.25, 0.3) is 6.08 Å². The zero-order valence-electron chi connectivity index (χ0n) is 16.2. The molecular weight excluding hydrogens is 421 g/mol. The summed E-state index contributed by atoms with van der Waals surface area (Å²) in [6, 6.07) is 6.01. The Hall–Kier alpha value is -2.45. The van der Waals surface area contributed by atoms with Crippen molar-refractivity contribution in [2.24, 2.45) is 5.73 Å². The SMILES string of the molecule is CC(CC(O)(C/C(N)=C/c1cc[nH]c(=O)c1)C(F)(F)F)c1cc(Cl)cc2c1OCC2. The number of halogens is 4. The molecule has 9 heteroatoms. The van der Waals surface area contributed by atoms with Crippen molar-refractivity contribution in [2.75, 3.05) is 6.61 Å². The van der Waals surface area contributed by atoms with E-state index in [1.54, 1.807) is 19.1 Å². The summed E-state index contributed by atoms with van der Waals surface area (Å²) in [7, 11) is 0. The van der Waals surface area contributed by atoms with Crippen LogP contribution in [-0.4, -0.2) is 28.5 Å². The fraction of sp³-hybridized carbons (Fsp3) is 0.381. The Balaban J connectivity index is 1.88. The second-order valence-corrected chi connectivity index (χ2v) is 8.03. The summed E-state index contributed by atoms with van der Waals surface area (Å²) in [6.45, 7) is 2.02. The third-order valence-corrected chi connectivity index (χ3v) is 5.35. The second-order valence-electron chi connectivity index (χ2n) is 7.60. The van der Waals surface area contributed by atoms with Gasteiger partial charge in [-0.1, -0.05) is 18.5 Å². The molecule has 162 valence electrons. The molecule has 0 aliphatic carbocycles. The van der Waals surface area contributed by atoms with Crippen molar-refractivity contribution < 1.29 is 23.0 Å². The van der Waals surface area contributed by atoms with Crippen molar-refractivity contribution >= 4 is 17.7 Å². The minimum Gasteiger partial charge on any atom is -0.493 e. The lowest BCUT2D eigenvalue weighted by molar-refractivity contribution is -0.263. The molecule has 4 N–H and O–H groups in total. The molecule has 1 aromatic heterocycles. The van der Waals surface area contributed by atoms with Gasteiger partial charge in [-0.15, -0.1) is 0 Å². The lowest BCUT2D eigenvalue weighted by Gasteiger charge is -2.33. The minimum absolute atomic E-state index is 0.194. The van der Waals surface area contributed by atoms with Crippen molar-refractivity contribution in [2.45, 2.75) is 43.9 Å². The van der Waals surface area contributed by atoms with Gasteiger partial charge in [0.15, 0.2) is 5.60 Å². The van der Waals surface area contributed by atoms with Gasteiger partial charge in [0.2, 0.25) is 5.56 Å². The molecule has 2 atom stereocenters. The number of benzene rings is 1. The highest BCUT2D eigenvalue weighted by Crippen LogP contribution is 2.45. The molecule has 3 rings (SSSR count). The number of aromatic nitrogens is 1. The summed E-state index contributed by atoms with van der Waals surface area (Å²) in [5, 5.41) is 11.0. The lowest BCUT2D eigenvalue weighted by Crippen LogP contribution is -2.47. The minimum atomic E-state index is -4.92. The van der Waals surface area contributed by atoms with Crippen molar-refractivity contribution in [3.8, 4) is 5.75 Å². The first kappa shape index (κ1) is 22.2. The highest BCUT2D eigenvalue weighted by molar-refractivity contribution is 6.30. The molecule has 0 saturated carbocycles. The van der Waals surface area contributed by atoms with Gasteiger partial charge in [0.25, 0.3) is 0 Å². The maximum absolute atomic E-state index is 13.9. The van der Waals surface area contributed by atoms with Crippen LogP contribution >= 0.6 is 11.6 Å². The number of rotatable bonds is 6. The van der Waals surface area contributed by atoms with Crippen LogP contribution in [-0.2, 0) is 6.42 Å². The Labute approximate surface area is 176 Å². The number of hydrogen-bond acceptors (Lipinski definition) is 4. The first-order valence-corrected chi connectivity index (χ1v) is 9.75. The van der Waals surface area contributed by atoms with Gasteiger partial charge in [-0.2, -0.15) is 13.2 Å². The quantitative estimate of drug-likeness (QED) is 0.627. The highest BCUT2D eigenvalue weighted by atomic mass is 35.5. The van der Waals surface area contributed by atoms with Crippen LogP contribution in [0.2, 0.25) is 5.02 Å². The second kappa shape index (κ2) is 8.35. The number of H-pyrrole nitrogens is 1. The van der Waals surface area contributed by atoms with E-state index in [0.29, 0.717) is 34.9 Å². The molecule has 0 fully saturated rings. The molecule has 2 unspecified atom stereocenters. The van der Waals surface area contributed by atoms with E-state index in [2.05, 4.69) is 4.98 Å². The molecule has 0 spiro atoms. The number of nitrogens with one attached hydrogen (secondary N) is 1. The van der Waals surface area contributed by atoms with Crippen molar-refractivity contribution in [1.82, 2.24) is 4.98 Å². The Bertz CT molecular complexity index is 1020. The van der Waals surface area contributed by atoms with Crippen LogP contribution in [0.1, 0.15) is 42.4 Å². The molecule has 5 nitrogen and oxygen atoms in total. The number of pyridine rings is 1. The average Bonchev–Trinajstić information content (AvgIpc) is 3.07. The fourth-order valence-corrected chi connectivity index (χ4v) is 3.97. The molecule has 2 aromatic rings. The normalized spacial score (nSPS) is 17.2. The predicted molar refractivity (Wildman–Crippen MR) is 109 cm³/mol. The van der Waals surface area contributed by atoms with Gasteiger partial charge in [0.1, 0.15) is 5.75 Å². The smallest absolute Gasteiger partial charge is 0.417 e. The van der Waals surface area contributed by atoms with Crippen LogP contribution in [0, 0.1) is 0 Å². The first-order chi connectivity index (χ1) is 14.0. The van der Waals surface area contributed by atoms with Crippen LogP contribution in [0.15, 0.2) is 41.0 Å². The molecular formula is C21H22ClF3N2O3. The number of nitrogens with two attached hydrogens (primary N) is 1. The Kier molecular flexibility index (Phi) is 6.19. The lowest BCUT2D eigenvalue weighted by atomic mass is 9.82. The predicted octanol–water partition coefficient (Wildman–Crippen LogP) is 4.14.